The van der Waals surface area contributed by atoms with Gasteiger partial charge in [0.2, 0.25) is 15.9 Å². The SMILES string of the molecule is COc1cccc(N(C)C(=O)CN(C)S(=O)(=O)c2ccc(C)cc2)c1. The van der Waals surface area contributed by atoms with Gasteiger partial charge in [0.15, 0.2) is 0 Å². The van der Waals surface area contributed by atoms with Gasteiger partial charge in [-0.3, -0.25) is 4.79 Å². The van der Waals surface area contributed by atoms with E-state index in [1.165, 1.54) is 24.1 Å². The van der Waals surface area contributed by atoms with Gasteiger partial charge in [-0.15, -0.1) is 0 Å². The molecule has 1 amide bonds. The fraction of sp³-hybridized carbons (Fsp3) is 0.278. The number of amides is 1. The van der Waals surface area contributed by atoms with Gasteiger partial charge < -0.3 is 9.64 Å². The maximum Gasteiger partial charge on any atom is 0.243 e. The van der Waals surface area contributed by atoms with Gasteiger partial charge >= 0.3 is 0 Å². The predicted molar refractivity (Wildman–Crippen MR) is 97.4 cm³/mol. The fourth-order valence-corrected chi connectivity index (χ4v) is 3.36. The molecule has 0 unspecified atom stereocenters. The molecule has 2 rings (SSSR count). The third-order valence-electron chi connectivity index (χ3n) is 3.90. The highest BCUT2D eigenvalue weighted by molar-refractivity contribution is 7.89. The predicted octanol–water partition coefficient (Wildman–Crippen LogP) is 2.29. The number of nitrogens with zero attached hydrogens (tertiary/aromatic N) is 2. The molecular weight excluding hydrogens is 340 g/mol. The molecule has 0 bridgehead atoms. The number of carbonyl (C=O) groups excluding carboxylic acids is 1. The van der Waals surface area contributed by atoms with Crippen molar-refractivity contribution < 1.29 is 17.9 Å². The molecule has 0 fully saturated rings. The van der Waals surface area contributed by atoms with Crippen molar-refractivity contribution in [2.75, 3.05) is 32.6 Å². The van der Waals surface area contributed by atoms with Gasteiger partial charge in [0.1, 0.15) is 5.75 Å². The Kier molecular flexibility index (Phi) is 5.81. The van der Waals surface area contributed by atoms with Crippen molar-refractivity contribution >= 4 is 21.6 Å². The molecule has 0 radical (unpaired) electrons. The number of ether oxygens (including phenoxy) is 1. The van der Waals surface area contributed by atoms with E-state index in [4.69, 9.17) is 4.74 Å². The molecule has 0 aromatic heterocycles. The lowest BCUT2D eigenvalue weighted by atomic mass is 10.2. The zero-order valence-electron chi connectivity index (χ0n) is 14.8. The van der Waals surface area contributed by atoms with E-state index >= 15 is 0 Å². The third-order valence-corrected chi connectivity index (χ3v) is 5.72. The summed E-state index contributed by atoms with van der Waals surface area (Å²) >= 11 is 0. The number of anilines is 1. The Hall–Kier alpha value is -2.38. The number of rotatable bonds is 6. The Morgan fingerprint density at radius 3 is 2.32 bits per heavy atom. The van der Waals surface area contributed by atoms with Crippen LogP contribution in [0.3, 0.4) is 0 Å². The van der Waals surface area contributed by atoms with E-state index in [0.717, 1.165) is 9.87 Å². The second-order valence-corrected chi connectivity index (χ2v) is 7.77. The molecular formula is C18H22N2O4S. The highest BCUT2D eigenvalue weighted by Gasteiger charge is 2.24. The smallest absolute Gasteiger partial charge is 0.243 e. The minimum absolute atomic E-state index is 0.164. The van der Waals surface area contributed by atoms with E-state index in [2.05, 4.69) is 0 Å². The number of hydrogen-bond acceptors (Lipinski definition) is 4. The van der Waals surface area contributed by atoms with Crippen LogP contribution in [0.1, 0.15) is 5.56 Å². The first-order chi connectivity index (χ1) is 11.8. The normalized spacial score (nSPS) is 11.4. The molecule has 2 aromatic rings. The van der Waals surface area contributed by atoms with Crippen LogP contribution in [-0.4, -0.2) is 46.4 Å². The van der Waals surface area contributed by atoms with Crippen LogP contribution in [0.25, 0.3) is 0 Å². The molecule has 2 aromatic carbocycles. The highest BCUT2D eigenvalue weighted by Crippen LogP contribution is 2.21. The summed E-state index contributed by atoms with van der Waals surface area (Å²) in [7, 11) is 0.822. The average molecular weight is 362 g/mol. The van der Waals surface area contributed by atoms with Crippen LogP contribution in [0.15, 0.2) is 53.4 Å². The zero-order valence-corrected chi connectivity index (χ0v) is 15.6. The minimum Gasteiger partial charge on any atom is -0.497 e. The first-order valence-corrected chi connectivity index (χ1v) is 9.13. The molecule has 0 aliphatic rings. The monoisotopic (exact) mass is 362 g/mol. The van der Waals surface area contributed by atoms with Crippen molar-refractivity contribution in [1.82, 2.24) is 4.31 Å². The number of benzene rings is 2. The fourth-order valence-electron chi connectivity index (χ4n) is 2.23. The van der Waals surface area contributed by atoms with Crippen LogP contribution in [-0.2, 0) is 14.8 Å². The maximum absolute atomic E-state index is 12.6. The lowest BCUT2D eigenvalue weighted by molar-refractivity contribution is -0.118. The molecule has 0 heterocycles. The van der Waals surface area contributed by atoms with Gasteiger partial charge in [0.25, 0.3) is 0 Å². The number of hydrogen-bond donors (Lipinski definition) is 0. The minimum atomic E-state index is -3.72. The van der Waals surface area contributed by atoms with Crippen molar-refractivity contribution in [2.45, 2.75) is 11.8 Å². The third kappa shape index (κ3) is 4.37. The molecule has 25 heavy (non-hydrogen) atoms. The van der Waals surface area contributed by atoms with Crippen molar-refractivity contribution in [3.05, 3.63) is 54.1 Å². The Morgan fingerprint density at radius 1 is 1.08 bits per heavy atom. The van der Waals surface area contributed by atoms with E-state index < -0.39 is 10.0 Å². The van der Waals surface area contributed by atoms with E-state index in [9.17, 15) is 13.2 Å². The summed E-state index contributed by atoms with van der Waals surface area (Å²) in [5, 5.41) is 0. The second kappa shape index (κ2) is 7.67. The summed E-state index contributed by atoms with van der Waals surface area (Å²) in [5.41, 5.74) is 1.60. The summed E-state index contributed by atoms with van der Waals surface area (Å²) in [5.74, 6) is 0.282. The van der Waals surface area contributed by atoms with Gasteiger partial charge in [-0.25, -0.2) is 8.42 Å². The van der Waals surface area contributed by atoms with Crippen molar-refractivity contribution in [3.8, 4) is 5.75 Å². The van der Waals surface area contributed by atoms with Crippen LogP contribution in [0, 0.1) is 6.92 Å². The van der Waals surface area contributed by atoms with E-state index in [-0.39, 0.29) is 17.3 Å². The molecule has 0 saturated heterocycles. The number of carbonyl (C=O) groups is 1. The molecule has 0 saturated carbocycles. The summed E-state index contributed by atoms with van der Waals surface area (Å²) in [4.78, 5) is 14.0. The van der Waals surface area contributed by atoms with Crippen LogP contribution in [0.2, 0.25) is 0 Å². The van der Waals surface area contributed by atoms with Gasteiger partial charge in [0.05, 0.1) is 18.6 Å². The van der Waals surface area contributed by atoms with Crippen molar-refractivity contribution in [3.63, 3.8) is 0 Å². The van der Waals surface area contributed by atoms with Gasteiger partial charge in [-0.2, -0.15) is 4.31 Å². The largest absolute Gasteiger partial charge is 0.497 e. The first-order valence-electron chi connectivity index (χ1n) is 7.69. The highest BCUT2D eigenvalue weighted by atomic mass is 32.2. The summed E-state index contributed by atoms with van der Waals surface area (Å²) in [6, 6.07) is 13.5. The van der Waals surface area contributed by atoms with Crippen LogP contribution in [0.5, 0.6) is 5.75 Å². The summed E-state index contributed by atoms with van der Waals surface area (Å²) < 4.78 is 31.3. The topological polar surface area (TPSA) is 66.9 Å². The molecule has 0 aliphatic carbocycles. The van der Waals surface area contributed by atoms with Gasteiger partial charge in [-0.05, 0) is 31.2 Å². The van der Waals surface area contributed by atoms with Crippen molar-refractivity contribution in [1.29, 1.82) is 0 Å². The summed E-state index contributed by atoms with van der Waals surface area (Å²) in [6.45, 7) is 1.62. The zero-order chi connectivity index (χ0) is 18.6. The maximum atomic E-state index is 12.6. The van der Waals surface area contributed by atoms with E-state index in [1.807, 2.05) is 6.92 Å². The van der Waals surface area contributed by atoms with Crippen LogP contribution < -0.4 is 9.64 Å². The molecule has 7 heteroatoms. The quantitative estimate of drug-likeness (QED) is 0.791. The Balaban J connectivity index is 2.14. The molecule has 6 nitrogen and oxygen atoms in total. The van der Waals surface area contributed by atoms with Crippen molar-refractivity contribution in [2.24, 2.45) is 0 Å². The van der Waals surface area contributed by atoms with E-state index in [0.29, 0.717) is 11.4 Å². The van der Waals surface area contributed by atoms with Gasteiger partial charge in [-0.1, -0.05) is 23.8 Å². The summed E-state index contributed by atoms with van der Waals surface area (Å²) in [6.07, 6.45) is 0. The first kappa shape index (κ1) is 19.0. The Labute approximate surface area is 148 Å². The number of likely N-dealkylation sites (N-methyl/N-ethyl adjacent to an activating group) is 2. The average Bonchev–Trinajstić information content (AvgIpc) is 2.61. The Bertz CT molecular complexity index is 848. The van der Waals surface area contributed by atoms with E-state index in [1.54, 1.807) is 50.6 Å². The van der Waals surface area contributed by atoms with Crippen LogP contribution in [0.4, 0.5) is 5.69 Å². The molecule has 134 valence electrons. The number of sulfonamides is 1. The lowest BCUT2D eigenvalue weighted by Crippen LogP contribution is -2.39. The molecule has 0 spiro atoms. The lowest BCUT2D eigenvalue weighted by Gasteiger charge is -2.22. The molecule has 0 aliphatic heterocycles. The molecule has 0 N–H and O–H groups in total. The standard InChI is InChI=1S/C18H22N2O4S/c1-14-8-10-17(11-9-14)25(22,23)19(2)13-18(21)20(3)15-6-5-7-16(12-15)24-4/h5-12H,13H2,1-4H3. The number of methoxy groups -OCH3 is 1. The molecule has 0 atom stereocenters. The van der Waals surface area contributed by atoms with Crippen LogP contribution >= 0.6 is 0 Å². The number of aryl methyl sites for hydroxylation is 1. The second-order valence-electron chi connectivity index (χ2n) is 5.73. The van der Waals surface area contributed by atoms with Gasteiger partial charge in [0, 0.05) is 25.8 Å². The Morgan fingerprint density at radius 2 is 1.72 bits per heavy atom.